The molecule has 0 saturated carbocycles. The SMILES string of the molecule is CO/C(CO)=C1\Cc2cc(C)ccc2-c2c3ccc4nc(-c5c(C)cccc5C)ccc4c3cc[n+]21. The van der Waals surface area contributed by atoms with Crippen molar-refractivity contribution in [1.82, 2.24) is 4.98 Å². The minimum Gasteiger partial charge on any atom is -0.493 e. The molecule has 0 amide bonds. The number of aliphatic hydroxyl groups is 1. The molecular formula is C32H29N2O2+. The third kappa shape index (κ3) is 3.41. The lowest BCUT2D eigenvalue weighted by molar-refractivity contribution is -0.572. The number of pyridine rings is 2. The zero-order valence-electron chi connectivity index (χ0n) is 21.1. The zero-order valence-corrected chi connectivity index (χ0v) is 21.1. The Labute approximate surface area is 211 Å². The number of aromatic nitrogens is 2. The van der Waals surface area contributed by atoms with Crippen molar-refractivity contribution in [1.29, 1.82) is 0 Å². The number of hydrogen-bond donors (Lipinski definition) is 1. The fourth-order valence-electron chi connectivity index (χ4n) is 5.70. The first-order valence-electron chi connectivity index (χ1n) is 12.3. The number of ether oxygens (including phenoxy) is 1. The summed E-state index contributed by atoms with van der Waals surface area (Å²) >= 11 is 0. The van der Waals surface area contributed by atoms with E-state index in [2.05, 4.69) is 98.3 Å². The normalized spacial score (nSPS) is 14.0. The highest BCUT2D eigenvalue weighted by atomic mass is 16.5. The number of aryl methyl sites for hydroxylation is 3. The van der Waals surface area contributed by atoms with Gasteiger partial charge in [-0.1, -0.05) is 42.0 Å². The van der Waals surface area contributed by atoms with E-state index in [9.17, 15) is 5.11 Å². The molecule has 3 aromatic carbocycles. The molecule has 2 aromatic heterocycles. The summed E-state index contributed by atoms with van der Waals surface area (Å²) in [5.74, 6) is 0.591. The second-order valence-electron chi connectivity index (χ2n) is 9.66. The third-order valence-corrected chi connectivity index (χ3v) is 7.41. The highest BCUT2D eigenvalue weighted by molar-refractivity contribution is 6.10. The smallest absolute Gasteiger partial charge is 0.232 e. The standard InChI is InChI=1S/C32H29N2O2/c1-19-8-9-23-22(16-19)17-29(30(18-35)36-4)34-15-14-24-25-10-13-28(31-20(2)6-5-7-21(31)3)33-27(25)12-11-26(24)32(23)34/h5-16,35H,17-18H2,1-4H3/q+1/b30-29+. The van der Waals surface area contributed by atoms with Gasteiger partial charge in [-0.25, -0.2) is 4.98 Å². The van der Waals surface area contributed by atoms with E-state index in [1.807, 2.05) is 0 Å². The summed E-state index contributed by atoms with van der Waals surface area (Å²) in [6.07, 6.45) is 2.81. The summed E-state index contributed by atoms with van der Waals surface area (Å²) < 4.78 is 7.78. The van der Waals surface area contributed by atoms with Crippen LogP contribution in [0, 0.1) is 20.8 Å². The summed E-state index contributed by atoms with van der Waals surface area (Å²) in [7, 11) is 1.62. The number of allylic oxidation sites excluding steroid dienone is 1. The molecule has 1 N–H and O–H groups in total. The van der Waals surface area contributed by atoms with Crippen molar-refractivity contribution in [3.8, 4) is 22.5 Å². The summed E-state index contributed by atoms with van der Waals surface area (Å²) in [6.45, 7) is 6.26. The third-order valence-electron chi connectivity index (χ3n) is 7.41. The fourth-order valence-corrected chi connectivity index (χ4v) is 5.70. The Morgan fingerprint density at radius 2 is 1.69 bits per heavy atom. The van der Waals surface area contributed by atoms with Gasteiger partial charge in [-0.15, -0.1) is 0 Å². The number of methoxy groups -OCH3 is 1. The summed E-state index contributed by atoms with van der Waals surface area (Å²) in [5, 5.41) is 13.5. The van der Waals surface area contributed by atoms with Crippen LogP contribution >= 0.6 is 0 Å². The Kier molecular flexibility index (Phi) is 5.35. The average Bonchev–Trinajstić information content (AvgIpc) is 2.88. The quantitative estimate of drug-likeness (QED) is 0.190. The van der Waals surface area contributed by atoms with Gasteiger partial charge in [0.2, 0.25) is 11.4 Å². The van der Waals surface area contributed by atoms with Crippen molar-refractivity contribution in [2.75, 3.05) is 13.7 Å². The molecule has 4 nitrogen and oxygen atoms in total. The lowest BCUT2D eigenvalue weighted by Gasteiger charge is -2.20. The summed E-state index contributed by atoms with van der Waals surface area (Å²) in [4.78, 5) is 5.09. The largest absolute Gasteiger partial charge is 0.493 e. The van der Waals surface area contributed by atoms with Crippen LogP contribution in [0.5, 0.6) is 0 Å². The van der Waals surface area contributed by atoms with Crippen LogP contribution in [-0.4, -0.2) is 23.8 Å². The maximum absolute atomic E-state index is 10.0. The van der Waals surface area contributed by atoms with Gasteiger partial charge in [-0.05, 0) is 61.7 Å². The molecule has 178 valence electrons. The summed E-state index contributed by atoms with van der Waals surface area (Å²) in [5.41, 5.74) is 11.4. The first-order valence-corrected chi connectivity index (χ1v) is 12.3. The number of rotatable bonds is 3. The predicted molar refractivity (Wildman–Crippen MR) is 146 cm³/mol. The maximum atomic E-state index is 10.0. The van der Waals surface area contributed by atoms with Crippen LogP contribution in [0.3, 0.4) is 0 Å². The van der Waals surface area contributed by atoms with E-state index in [1.165, 1.54) is 33.4 Å². The molecule has 0 saturated heterocycles. The fraction of sp³-hybridized carbons (Fsp3) is 0.188. The number of benzene rings is 3. The molecule has 0 atom stereocenters. The predicted octanol–water partition coefficient (Wildman–Crippen LogP) is 6.30. The first-order chi connectivity index (χ1) is 17.5. The number of aliphatic hydroxyl groups excluding tert-OH is 1. The number of fused-ring (bicyclic) bond motifs is 7. The van der Waals surface area contributed by atoms with E-state index >= 15 is 0 Å². The lowest BCUT2D eigenvalue weighted by atomic mass is 9.90. The molecule has 1 aliphatic rings. The van der Waals surface area contributed by atoms with Crippen molar-refractivity contribution in [3.05, 3.63) is 101 Å². The molecule has 0 unspecified atom stereocenters. The minimum absolute atomic E-state index is 0.139. The van der Waals surface area contributed by atoms with E-state index in [0.29, 0.717) is 12.2 Å². The van der Waals surface area contributed by atoms with Gasteiger partial charge in [0.25, 0.3) is 0 Å². The number of hydrogen-bond acceptors (Lipinski definition) is 3. The monoisotopic (exact) mass is 473 g/mol. The molecule has 36 heavy (non-hydrogen) atoms. The van der Waals surface area contributed by atoms with E-state index < -0.39 is 0 Å². The Morgan fingerprint density at radius 3 is 2.44 bits per heavy atom. The van der Waals surface area contributed by atoms with Crippen molar-refractivity contribution in [2.24, 2.45) is 0 Å². The Morgan fingerprint density at radius 1 is 0.917 bits per heavy atom. The highest BCUT2D eigenvalue weighted by Gasteiger charge is 2.33. The molecular weight excluding hydrogens is 444 g/mol. The summed E-state index contributed by atoms with van der Waals surface area (Å²) in [6, 6.07) is 23.8. The van der Waals surface area contributed by atoms with E-state index in [1.54, 1.807) is 7.11 Å². The molecule has 0 radical (unpaired) electrons. The van der Waals surface area contributed by atoms with Crippen LogP contribution in [0.25, 0.3) is 49.9 Å². The van der Waals surface area contributed by atoms with Crippen LogP contribution < -0.4 is 4.57 Å². The molecule has 0 spiro atoms. The van der Waals surface area contributed by atoms with Gasteiger partial charge >= 0.3 is 0 Å². The molecule has 0 fully saturated rings. The van der Waals surface area contributed by atoms with Gasteiger partial charge < -0.3 is 9.84 Å². The molecule has 6 rings (SSSR count). The van der Waals surface area contributed by atoms with Gasteiger partial charge in [-0.2, -0.15) is 4.57 Å². The molecule has 0 aliphatic carbocycles. The van der Waals surface area contributed by atoms with Gasteiger partial charge in [-0.3, -0.25) is 0 Å². The van der Waals surface area contributed by atoms with Crippen LogP contribution in [0.1, 0.15) is 22.3 Å². The van der Waals surface area contributed by atoms with Crippen molar-refractivity contribution in [2.45, 2.75) is 27.2 Å². The zero-order chi connectivity index (χ0) is 25.0. The molecule has 5 aromatic rings. The van der Waals surface area contributed by atoms with Crippen molar-refractivity contribution in [3.63, 3.8) is 0 Å². The van der Waals surface area contributed by atoms with Crippen LogP contribution in [-0.2, 0) is 11.2 Å². The van der Waals surface area contributed by atoms with Gasteiger partial charge in [0, 0.05) is 22.4 Å². The topological polar surface area (TPSA) is 46.2 Å². The average molecular weight is 474 g/mol. The van der Waals surface area contributed by atoms with E-state index in [0.717, 1.165) is 38.8 Å². The molecule has 1 aliphatic heterocycles. The Hall–Kier alpha value is -4.02. The number of nitrogens with zero attached hydrogens (tertiary/aromatic N) is 2. The van der Waals surface area contributed by atoms with Crippen LogP contribution in [0.4, 0.5) is 0 Å². The van der Waals surface area contributed by atoms with Gasteiger partial charge in [0.05, 0.1) is 35.7 Å². The van der Waals surface area contributed by atoms with E-state index in [4.69, 9.17) is 9.72 Å². The van der Waals surface area contributed by atoms with Crippen LogP contribution in [0.2, 0.25) is 0 Å². The highest BCUT2D eigenvalue weighted by Crippen LogP contribution is 2.38. The second-order valence-corrected chi connectivity index (χ2v) is 9.66. The minimum atomic E-state index is -0.139. The van der Waals surface area contributed by atoms with Gasteiger partial charge in [0.1, 0.15) is 6.61 Å². The Balaban J connectivity index is 1.64. The lowest BCUT2D eigenvalue weighted by Crippen LogP contribution is -2.40. The maximum Gasteiger partial charge on any atom is 0.232 e. The Bertz CT molecular complexity index is 1690. The van der Waals surface area contributed by atoms with Crippen LogP contribution in [0.15, 0.2) is 78.7 Å². The van der Waals surface area contributed by atoms with Crippen molar-refractivity contribution >= 4 is 27.4 Å². The van der Waals surface area contributed by atoms with Gasteiger partial charge in [0.15, 0.2) is 12.0 Å². The molecule has 3 heterocycles. The molecule has 0 bridgehead atoms. The molecule has 4 heteroatoms. The second kappa shape index (κ2) is 8.58. The first kappa shape index (κ1) is 22.4. The van der Waals surface area contributed by atoms with Crippen molar-refractivity contribution < 1.29 is 14.4 Å². The van der Waals surface area contributed by atoms with E-state index in [-0.39, 0.29) is 6.61 Å².